The lowest BCUT2D eigenvalue weighted by atomic mass is 10.1. The monoisotopic (exact) mass is 385 g/mol. The SMILES string of the molecule is CCCCCCCCCCCCN(CC)C(=O)c1cccc(C(F)(F)F)c1. The minimum atomic E-state index is -4.43. The molecule has 0 heterocycles. The van der Waals surface area contributed by atoms with Crippen molar-refractivity contribution in [1.82, 2.24) is 4.90 Å². The number of carbonyl (C=O) groups is 1. The molecule has 0 saturated heterocycles. The Hall–Kier alpha value is -1.52. The third-order valence-corrected chi connectivity index (χ3v) is 4.89. The number of rotatable bonds is 13. The molecule has 1 rings (SSSR count). The Morgan fingerprint density at radius 2 is 1.44 bits per heavy atom. The van der Waals surface area contributed by atoms with Crippen LogP contribution in [0.2, 0.25) is 0 Å². The molecule has 2 nitrogen and oxygen atoms in total. The van der Waals surface area contributed by atoms with E-state index in [1.807, 2.05) is 6.92 Å². The number of amides is 1. The first-order valence-electron chi connectivity index (χ1n) is 10.4. The van der Waals surface area contributed by atoms with Crippen LogP contribution in [0.4, 0.5) is 13.2 Å². The molecule has 0 saturated carbocycles. The topological polar surface area (TPSA) is 20.3 Å². The fourth-order valence-corrected chi connectivity index (χ4v) is 3.20. The van der Waals surface area contributed by atoms with Crippen molar-refractivity contribution in [2.24, 2.45) is 0 Å². The van der Waals surface area contributed by atoms with Gasteiger partial charge in [0.15, 0.2) is 0 Å². The van der Waals surface area contributed by atoms with Gasteiger partial charge in [-0.3, -0.25) is 4.79 Å². The van der Waals surface area contributed by atoms with E-state index < -0.39 is 11.7 Å². The van der Waals surface area contributed by atoms with Crippen LogP contribution in [0.25, 0.3) is 0 Å². The maximum absolute atomic E-state index is 12.8. The number of unbranched alkanes of at least 4 members (excludes halogenated alkanes) is 9. The molecule has 1 aromatic carbocycles. The molecule has 0 aromatic heterocycles. The number of nitrogens with zero attached hydrogens (tertiary/aromatic N) is 1. The smallest absolute Gasteiger partial charge is 0.339 e. The summed E-state index contributed by atoms with van der Waals surface area (Å²) in [6.45, 7) is 5.19. The Morgan fingerprint density at radius 3 is 1.96 bits per heavy atom. The average Bonchev–Trinajstić information content (AvgIpc) is 2.65. The van der Waals surface area contributed by atoms with Crippen molar-refractivity contribution in [2.45, 2.75) is 84.2 Å². The molecule has 27 heavy (non-hydrogen) atoms. The first-order chi connectivity index (χ1) is 12.9. The Morgan fingerprint density at radius 1 is 0.889 bits per heavy atom. The highest BCUT2D eigenvalue weighted by Gasteiger charge is 2.31. The molecule has 0 aliphatic rings. The lowest BCUT2D eigenvalue weighted by molar-refractivity contribution is -0.137. The van der Waals surface area contributed by atoms with Crippen LogP contribution >= 0.6 is 0 Å². The molecule has 1 aromatic rings. The van der Waals surface area contributed by atoms with Crippen LogP contribution in [-0.4, -0.2) is 23.9 Å². The minimum Gasteiger partial charge on any atom is -0.339 e. The zero-order valence-corrected chi connectivity index (χ0v) is 16.8. The third kappa shape index (κ3) is 9.30. The second-order valence-corrected chi connectivity index (χ2v) is 7.15. The number of hydrogen-bond donors (Lipinski definition) is 0. The van der Waals surface area contributed by atoms with Crippen molar-refractivity contribution in [3.05, 3.63) is 35.4 Å². The van der Waals surface area contributed by atoms with Gasteiger partial charge in [0.1, 0.15) is 0 Å². The quantitative estimate of drug-likeness (QED) is 0.332. The van der Waals surface area contributed by atoms with Gasteiger partial charge in [-0.05, 0) is 31.5 Å². The lowest BCUT2D eigenvalue weighted by Crippen LogP contribution is -2.32. The Labute approximate surface area is 162 Å². The van der Waals surface area contributed by atoms with E-state index in [0.717, 1.165) is 31.4 Å². The van der Waals surface area contributed by atoms with Crippen LogP contribution < -0.4 is 0 Å². The van der Waals surface area contributed by atoms with Crippen molar-refractivity contribution < 1.29 is 18.0 Å². The van der Waals surface area contributed by atoms with Gasteiger partial charge in [-0.2, -0.15) is 13.2 Å². The second kappa shape index (κ2) is 12.8. The largest absolute Gasteiger partial charge is 0.416 e. The van der Waals surface area contributed by atoms with Crippen LogP contribution in [-0.2, 0) is 6.18 Å². The molecular formula is C22H34F3NO. The molecule has 0 aliphatic heterocycles. The van der Waals surface area contributed by atoms with Crippen molar-refractivity contribution in [3.8, 4) is 0 Å². The summed E-state index contributed by atoms with van der Waals surface area (Å²) in [6, 6.07) is 4.70. The Kier molecular flexibility index (Phi) is 11.1. The van der Waals surface area contributed by atoms with Crippen LogP contribution in [0.3, 0.4) is 0 Å². The maximum Gasteiger partial charge on any atom is 0.416 e. The molecule has 0 atom stereocenters. The number of hydrogen-bond acceptors (Lipinski definition) is 1. The van der Waals surface area contributed by atoms with E-state index in [1.54, 1.807) is 4.90 Å². The summed E-state index contributed by atoms with van der Waals surface area (Å²) >= 11 is 0. The fourth-order valence-electron chi connectivity index (χ4n) is 3.20. The number of carbonyl (C=O) groups excluding carboxylic acids is 1. The predicted octanol–water partition coefficient (Wildman–Crippen LogP) is 7.09. The highest BCUT2D eigenvalue weighted by atomic mass is 19.4. The molecule has 0 radical (unpaired) electrons. The summed E-state index contributed by atoms with van der Waals surface area (Å²) in [6.07, 6.45) is 7.73. The van der Waals surface area contributed by atoms with E-state index in [1.165, 1.54) is 57.1 Å². The zero-order chi connectivity index (χ0) is 20.1. The molecule has 0 bridgehead atoms. The molecular weight excluding hydrogens is 351 g/mol. The van der Waals surface area contributed by atoms with Gasteiger partial charge in [0, 0.05) is 18.7 Å². The van der Waals surface area contributed by atoms with Crippen LogP contribution in [0.1, 0.15) is 94.0 Å². The minimum absolute atomic E-state index is 0.110. The Bertz CT molecular complexity index is 543. The number of benzene rings is 1. The number of alkyl halides is 3. The highest BCUT2D eigenvalue weighted by molar-refractivity contribution is 5.94. The number of halogens is 3. The highest BCUT2D eigenvalue weighted by Crippen LogP contribution is 2.29. The summed E-state index contributed by atoms with van der Waals surface area (Å²) in [5.74, 6) is -0.320. The van der Waals surface area contributed by atoms with Crippen molar-refractivity contribution >= 4 is 5.91 Å². The van der Waals surface area contributed by atoms with Gasteiger partial charge in [0.2, 0.25) is 0 Å². The molecule has 0 N–H and O–H groups in total. The summed E-state index contributed by atoms with van der Waals surface area (Å²) in [5, 5.41) is 0. The van der Waals surface area contributed by atoms with Crippen molar-refractivity contribution in [2.75, 3.05) is 13.1 Å². The van der Waals surface area contributed by atoms with Gasteiger partial charge in [0.05, 0.1) is 5.56 Å². The first-order valence-corrected chi connectivity index (χ1v) is 10.4. The van der Waals surface area contributed by atoms with Gasteiger partial charge in [-0.15, -0.1) is 0 Å². The van der Waals surface area contributed by atoms with E-state index >= 15 is 0 Å². The fraction of sp³-hybridized carbons (Fsp3) is 0.682. The first kappa shape index (κ1) is 23.5. The molecule has 5 heteroatoms. The summed E-state index contributed by atoms with van der Waals surface area (Å²) in [7, 11) is 0. The summed E-state index contributed by atoms with van der Waals surface area (Å²) in [5.41, 5.74) is -0.665. The van der Waals surface area contributed by atoms with Gasteiger partial charge >= 0.3 is 6.18 Å². The van der Waals surface area contributed by atoms with E-state index in [9.17, 15) is 18.0 Å². The summed E-state index contributed by atoms with van der Waals surface area (Å²) < 4.78 is 38.5. The second-order valence-electron chi connectivity index (χ2n) is 7.15. The molecule has 0 aliphatic carbocycles. The van der Waals surface area contributed by atoms with E-state index in [0.29, 0.717) is 13.1 Å². The van der Waals surface area contributed by atoms with Crippen LogP contribution in [0, 0.1) is 0 Å². The molecule has 154 valence electrons. The maximum atomic E-state index is 12.8. The predicted molar refractivity (Wildman–Crippen MR) is 105 cm³/mol. The van der Waals surface area contributed by atoms with Gasteiger partial charge in [-0.25, -0.2) is 0 Å². The van der Waals surface area contributed by atoms with Gasteiger partial charge < -0.3 is 4.90 Å². The average molecular weight is 386 g/mol. The zero-order valence-electron chi connectivity index (χ0n) is 16.8. The van der Waals surface area contributed by atoms with E-state index in [2.05, 4.69) is 6.92 Å². The van der Waals surface area contributed by atoms with Gasteiger partial charge in [0.25, 0.3) is 5.91 Å². The normalized spacial score (nSPS) is 11.6. The molecule has 0 unspecified atom stereocenters. The lowest BCUT2D eigenvalue weighted by Gasteiger charge is -2.21. The summed E-state index contributed by atoms with van der Waals surface area (Å²) in [4.78, 5) is 14.1. The standard InChI is InChI=1S/C22H34F3NO/c1-3-5-6-7-8-9-10-11-12-13-17-26(4-2)21(27)19-15-14-16-20(18-19)22(23,24)25/h14-16,18H,3-13,17H2,1-2H3. The van der Waals surface area contributed by atoms with Gasteiger partial charge in [-0.1, -0.05) is 70.8 Å². The van der Waals surface area contributed by atoms with Crippen molar-refractivity contribution in [3.63, 3.8) is 0 Å². The van der Waals surface area contributed by atoms with Crippen molar-refractivity contribution in [1.29, 1.82) is 0 Å². The van der Waals surface area contributed by atoms with E-state index in [-0.39, 0.29) is 11.5 Å². The van der Waals surface area contributed by atoms with Crippen LogP contribution in [0.5, 0.6) is 0 Å². The Balaban J connectivity index is 2.32. The molecule has 1 amide bonds. The molecule has 0 fully saturated rings. The van der Waals surface area contributed by atoms with Crippen LogP contribution in [0.15, 0.2) is 24.3 Å². The molecule has 0 spiro atoms. The third-order valence-electron chi connectivity index (χ3n) is 4.89. The van der Waals surface area contributed by atoms with E-state index in [4.69, 9.17) is 0 Å².